The highest BCUT2D eigenvalue weighted by molar-refractivity contribution is 6.00. The number of nitrogens with one attached hydrogen (secondary N) is 1. The zero-order valence-electron chi connectivity index (χ0n) is 18.1. The van der Waals surface area contributed by atoms with Crippen LogP contribution in [0.4, 0.5) is 10.5 Å². The molecule has 170 valence electrons. The fourth-order valence-corrected chi connectivity index (χ4v) is 4.06. The highest BCUT2D eigenvalue weighted by Gasteiger charge is 2.29. The van der Waals surface area contributed by atoms with Crippen LogP contribution in [0.5, 0.6) is 0 Å². The Bertz CT molecular complexity index is 1140. The average Bonchev–Trinajstić information content (AvgIpc) is 3.39. The first-order valence-electron chi connectivity index (χ1n) is 10.6. The van der Waals surface area contributed by atoms with Crippen LogP contribution in [0.15, 0.2) is 65.3 Å². The molecule has 33 heavy (non-hydrogen) atoms. The molecule has 0 saturated heterocycles. The normalized spacial score (nSPS) is 12.0. The number of carbonyl (C=O) groups excluding carboxylic acids is 2. The third-order valence-corrected chi connectivity index (χ3v) is 5.67. The molecule has 2 aromatic carbocycles. The lowest BCUT2D eigenvalue weighted by Crippen LogP contribution is -2.29. The Kier molecular flexibility index (Phi) is 6.44. The van der Waals surface area contributed by atoms with Crippen molar-refractivity contribution in [3.8, 4) is 11.1 Å². The molecule has 1 aliphatic rings. The molecule has 8 heteroatoms. The van der Waals surface area contributed by atoms with E-state index < -0.39 is 18.0 Å². The zero-order valence-corrected chi connectivity index (χ0v) is 18.1. The summed E-state index contributed by atoms with van der Waals surface area (Å²) in [5, 5.41) is 11.3. The fraction of sp³-hybridized carbons (Fsp3) is 0.240. The maximum Gasteiger partial charge on any atom is 0.411 e. The minimum atomic E-state index is -0.925. The van der Waals surface area contributed by atoms with Crippen LogP contribution in [-0.2, 0) is 9.53 Å². The molecule has 3 aromatic rings. The van der Waals surface area contributed by atoms with Gasteiger partial charge in [0.15, 0.2) is 0 Å². The van der Waals surface area contributed by atoms with E-state index in [1.807, 2.05) is 36.4 Å². The summed E-state index contributed by atoms with van der Waals surface area (Å²) in [4.78, 5) is 37.2. The van der Waals surface area contributed by atoms with Gasteiger partial charge in [-0.25, -0.2) is 4.79 Å². The van der Waals surface area contributed by atoms with Gasteiger partial charge in [0.25, 0.3) is 5.91 Å². The molecule has 8 nitrogen and oxygen atoms in total. The molecule has 2 amide bonds. The molecule has 1 aliphatic carbocycles. The van der Waals surface area contributed by atoms with Crippen LogP contribution in [0.25, 0.3) is 11.1 Å². The van der Waals surface area contributed by atoms with Crippen LogP contribution in [0, 0.1) is 0 Å². The molecule has 4 rings (SSSR count). The largest absolute Gasteiger partial charge is 0.481 e. The van der Waals surface area contributed by atoms with Crippen molar-refractivity contribution in [2.24, 2.45) is 0 Å². The summed E-state index contributed by atoms with van der Waals surface area (Å²) in [5.74, 6) is -1.50. The smallest absolute Gasteiger partial charge is 0.411 e. The summed E-state index contributed by atoms with van der Waals surface area (Å²) in [6, 6.07) is 17.6. The number of carbonyl (C=O) groups is 3. The third-order valence-electron chi connectivity index (χ3n) is 5.67. The van der Waals surface area contributed by atoms with Crippen molar-refractivity contribution >= 4 is 23.7 Å². The Morgan fingerprint density at radius 2 is 1.67 bits per heavy atom. The lowest BCUT2D eigenvalue weighted by Gasteiger charge is -2.17. The molecular weight excluding hydrogens is 424 g/mol. The maximum absolute atomic E-state index is 12.6. The van der Waals surface area contributed by atoms with Gasteiger partial charge in [-0.2, -0.15) is 0 Å². The number of fused-ring (bicyclic) bond motifs is 3. The van der Waals surface area contributed by atoms with E-state index >= 15 is 0 Å². The molecule has 0 atom stereocenters. The lowest BCUT2D eigenvalue weighted by atomic mass is 9.98. The molecule has 0 radical (unpaired) electrons. The summed E-state index contributed by atoms with van der Waals surface area (Å²) in [6.45, 7) is 0.395. The Labute approximate surface area is 190 Å². The van der Waals surface area contributed by atoms with Crippen molar-refractivity contribution in [2.75, 3.05) is 25.5 Å². The standard InChI is InChI=1S/C25H24N2O6/c1-27(13-6-11-22(28)29)24(30)23-21(12-14-32-23)26-25(31)33-15-20-18-9-4-2-7-16(18)17-8-3-5-10-19(17)20/h2-5,7-10,12,14,20H,6,11,13,15H2,1H3,(H,26,31)(H,28,29). The average molecular weight is 448 g/mol. The SMILES string of the molecule is CN(CCCC(=O)O)C(=O)c1occc1NC(=O)OCC1c2ccccc2-c2ccccc21. The first kappa shape index (κ1) is 22.1. The van der Waals surface area contributed by atoms with Crippen LogP contribution in [0.2, 0.25) is 0 Å². The number of aliphatic carboxylic acids is 1. The quantitative estimate of drug-likeness (QED) is 0.522. The van der Waals surface area contributed by atoms with Gasteiger partial charge in [0.2, 0.25) is 5.76 Å². The molecule has 1 aromatic heterocycles. The van der Waals surface area contributed by atoms with Crippen molar-refractivity contribution in [1.29, 1.82) is 0 Å². The van der Waals surface area contributed by atoms with Crippen LogP contribution in [0.3, 0.4) is 0 Å². The van der Waals surface area contributed by atoms with E-state index in [9.17, 15) is 14.4 Å². The van der Waals surface area contributed by atoms with E-state index in [4.69, 9.17) is 14.3 Å². The number of amides is 2. The number of hydrogen-bond donors (Lipinski definition) is 2. The monoisotopic (exact) mass is 448 g/mol. The zero-order chi connectivity index (χ0) is 23.4. The molecule has 1 heterocycles. The molecule has 0 spiro atoms. The molecule has 0 fully saturated rings. The molecular formula is C25H24N2O6. The lowest BCUT2D eigenvalue weighted by molar-refractivity contribution is -0.137. The van der Waals surface area contributed by atoms with Crippen LogP contribution < -0.4 is 5.32 Å². The number of hydrogen-bond acceptors (Lipinski definition) is 5. The van der Waals surface area contributed by atoms with E-state index in [0.29, 0.717) is 6.42 Å². The Morgan fingerprint density at radius 3 is 2.30 bits per heavy atom. The van der Waals surface area contributed by atoms with E-state index in [-0.39, 0.29) is 36.9 Å². The summed E-state index contributed by atoms with van der Waals surface area (Å²) in [7, 11) is 1.55. The number of ether oxygens (including phenoxy) is 1. The van der Waals surface area contributed by atoms with Gasteiger partial charge in [-0.15, -0.1) is 0 Å². The van der Waals surface area contributed by atoms with Gasteiger partial charge in [-0.3, -0.25) is 14.9 Å². The van der Waals surface area contributed by atoms with E-state index in [0.717, 1.165) is 22.3 Å². The highest BCUT2D eigenvalue weighted by atomic mass is 16.5. The maximum atomic E-state index is 12.6. The van der Waals surface area contributed by atoms with Gasteiger partial charge in [0.1, 0.15) is 6.61 Å². The molecule has 0 unspecified atom stereocenters. The van der Waals surface area contributed by atoms with Gasteiger partial charge in [-0.05, 0) is 28.7 Å². The van der Waals surface area contributed by atoms with Crippen molar-refractivity contribution in [3.05, 3.63) is 77.7 Å². The van der Waals surface area contributed by atoms with Gasteiger partial charge in [0, 0.05) is 32.0 Å². The number of carboxylic acid groups (broad SMARTS) is 1. The predicted molar refractivity (Wildman–Crippen MR) is 121 cm³/mol. The van der Waals surface area contributed by atoms with Crippen LogP contribution in [-0.4, -0.2) is 48.2 Å². The minimum Gasteiger partial charge on any atom is -0.481 e. The van der Waals surface area contributed by atoms with E-state index in [1.165, 1.54) is 17.2 Å². The van der Waals surface area contributed by atoms with E-state index in [1.54, 1.807) is 7.05 Å². The first-order valence-corrected chi connectivity index (χ1v) is 10.6. The second-order valence-corrected chi connectivity index (χ2v) is 7.84. The minimum absolute atomic E-state index is 0.0404. The number of carboxylic acids is 1. The second-order valence-electron chi connectivity index (χ2n) is 7.84. The number of rotatable bonds is 8. The Hall–Kier alpha value is -4.07. The summed E-state index contributed by atoms with van der Waals surface area (Å²) >= 11 is 0. The van der Waals surface area contributed by atoms with E-state index in [2.05, 4.69) is 17.4 Å². The van der Waals surface area contributed by atoms with Crippen LogP contribution in [0.1, 0.15) is 40.4 Å². The van der Waals surface area contributed by atoms with Crippen molar-refractivity contribution in [2.45, 2.75) is 18.8 Å². The number of nitrogens with zero attached hydrogens (tertiary/aromatic N) is 1. The van der Waals surface area contributed by atoms with Crippen molar-refractivity contribution in [3.63, 3.8) is 0 Å². The second kappa shape index (κ2) is 9.60. The summed E-state index contributed by atoms with van der Waals surface area (Å²) in [6.07, 6.45) is 0.881. The number of benzene rings is 2. The third kappa shape index (κ3) is 4.74. The molecule has 2 N–H and O–H groups in total. The summed E-state index contributed by atoms with van der Waals surface area (Å²) in [5.41, 5.74) is 4.68. The van der Waals surface area contributed by atoms with Crippen molar-refractivity contribution < 1.29 is 28.6 Å². The summed E-state index contributed by atoms with van der Waals surface area (Å²) < 4.78 is 10.8. The first-order chi connectivity index (χ1) is 16.0. The van der Waals surface area contributed by atoms with Gasteiger partial charge in [0.05, 0.1) is 12.0 Å². The molecule has 0 bridgehead atoms. The van der Waals surface area contributed by atoms with Gasteiger partial charge < -0.3 is 19.2 Å². The topological polar surface area (TPSA) is 109 Å². The Balaban J connectivity index is 1.39. The Morgan fingerprint density at radius 1 is 1.03 bits per heavy atom. The van der Waals surface area contributed by atoms with Crippen LogP contribution >= 0.6 is 0 Å². The van der Waals surface area contributed by atoms with Gasteiger partial charge in [-0.1, -0.05) is 48.5 Å². The number of furan rings is 1. The highest BCUT2D eigenvalue weighted by Crippen LogP contribution is 2.44. The van der Waals surface area contributed by atoms with Gasteiger partial charge >= 0.3 is 12.1 Å². The molecule has 0 saturated carbocycles. The molecule has 0 aliphatic heterocycles. The number of anilines is 1. The van der Waals surface area contributed by atoms with Crippen molar-refractivity contribution in [1.82, 2.24) is 4.90 Å². The fourth-order valence-electron chi connectivity index (χ4n) is 4.06. The predicted octanol–water partition coefficient (Wildman–Crippen LogP) is 4.58.